The molecule has 0 radical (unpaired) electrons. The van der Waals surface area contributed by atoms with Crippen LogP contribution in [0.4, 0.5) is 0 Å². The fraction of sp³-hybridized carbons (Fsp3) is 0.367. The van der Waals surface area contributed by atoms with Crippen LogP contribution in [0.1, 0.15) is 40.6 Å². The minimum absolute atomic E-state index is 0.0799. The number of halogens is 1. The van der Waals surface area contributed by atoms with Crippen LogP contribution in [-0.4, -0.2) is 69.2 Å². The van der Waals surface area contributed by atoms with Crippen molar-refractivity contribution < 1.29 is 33.0 Å². The third-order valence-corrected chi connectivity index (χ3v) is 7.08. The molecule has 0 aliphatic carbocycles. The summed E-state index contributed by atoms with van der Waals surface area (Å²) in [5, 5.41) is 6.16. The van der Waals surface area contributed by atoms with Gasteiger partial charge < -0.3 is 34.2 Å². The van der Waals surface area contributed by atoms with E-state index in [1.54, 1.807) is 36.4 Å². The molecule has 2 atom stereocenters. The van der Waals surface area contributed by atoms with Gasteiger partial charge >= 0.3 is 0 Å². The number of amides is 3. The maximum atomic E-state index is 13.8. The second-order valence-electron chi connectivity index (χ2n) is 9.52. The number of methoxy groups -OCH3 is 2. The lowest BCUT2D eigenvalue weighted by Crippen LogP contribution is -2.49. The molecule has 218 valence electrons. The van der Waals surface area contributed by atoms with E-state index in [9.17, 15) is 14.4 Å². The molecule has 11 heteroatoms. The Kier molecular flexibility index (Phi) is 10.6. The Balaban J connectivity index is 1.64. The molecule has 1 aromatic heterocycles. The smallest absolute Gasteiger partial charge is 0.287 e. The minimum Gasteiger partial charge on any atom is -0.493 e. The highest BCUT2D eigenvalue weighted by Crippen LogP contribution is 2.32. The number of furan rings is 1. The number of nitrogens with one attached hydrogen (secondary N) is 2. The summed E-state index contributed by atoms with van der Waals surface area (Å²) < 4.78 is 21.7. The predicted octanol–water partition coefficient (Wildman–Crippen LogP) is 3.79. The molecule has 3 amide bonds. The summed E-state index contributed by atoms with van der Waals surface area (Å²) in [5.74, 6) is -0.388. The lowest BCUT2D eigenvalue weighted by Gasteiger charge is -2.32. The first-order valence-corrected chi connectivity index (χ1v) is 13.7. The summed E-state index contributed by atoms with van der Waals surface area (Å²) in [6, 6.07) is 14.4. The molecule has 41 heavy (non-hydrogen) atoms. The Bertz CT molecular complexity index is 1310. The highest BCUT2D eigenvalue weighted by atomic mass is 35.5. The Hall–Kier alpha value is -4.02. The standard InChI is InChI=1S/C30H34ClN3O7/c1-38-24-12-9-21(17-26(24)39-2)28(30(37)32-18-23-5-3-15-40-23)34(14-13-20-7-10-22(31)11-8-20)27(35)19-33-29(36)25-6-4-16-41-25/h4,6-12,16-17,23,28H,3,5,13-15,18-19H2,1-2H3,(H,32,37)(H,33,36)/t23-,28+/m0/s1. The van der Waals surface area contributed by atoms with E-state index < -0.39 is 17.9 Å². The molecule has 1 fully saturated rings. The number of benzene rings is 2. The minimum atomic E-state index is -1.03. The molecule has 1 aliphatic rings. The lowest BCUT2D eigenvalue weighted by molar-refractivity contribution is -0.140. The van der Waals surface area contributed by atoms with Crippen LogP contribution in [0.25, 0.3) is 0 Å². The van der Waals surface area contributed by atoms with Crippen molar-refractivity contribution in [2.24, 2.45) is 0 Å². The van der Waals surface area contributed by atoms with Gasteiger partial charge in [-0.05, 0) is 66.8 Å². The molecule has 1 saturated heterocycles. The summed E-state index contributed by atoms with van der Waals surface area (Å²) in [4.78, 5) is 41.5. The first-order chi connectivity index (χ1) is 19.9. The average Bonchev–Trinajstić information content (AvgIpc) is 3.72. The molecule has 3 aromatic rings. The zero-order valence-corrected chi connectivity index (χ0v) is 23.8. The zero-order chi connectivity index (χ0) is 29.2. The van der Waals surface area contributed by atoms with Gasteiger partial charge in [0.05, 0.1) is 33.1 Å². The van der Waals surface area contributed by atoms with Crippen LogP contribution < -0.4 is 20.1 Å². The average molecular weight is 584 g/mol. The Labute approximate surface area is 243 Å². The van der Waals surface area contributed by atoms with Crippen molar-refractivity contribution in [3.8, 4) is 11.5 Å². The van der Waals surface area contributed by atoms with Gasteiger partial charge in [-0.1, -0.05) is 29.8 Å². The van der Waals surface area contributed by atoms with E-state index in [0.29, 0.717) is 41.7 Å². The van der Waals surface area contributed by atoms with Gasteiger partial charge in [-0.15, -0.1) is 0 Å². The van der Waals surface area contributed by atoms with E-state index in [4.69, 9.17) is 30.2 Å². The van der Waals surface area contributed by atoms with E-state index in [1.807, 2.05) is 12.1 Å². The van der Waals surface area contributed by atoms with Crippen LogP contribution in [-0.2, 0) is 20.7 Å². The number of rotatable bonds is 13. The molecular weight excluding hydrogens is 550 g/mol. The molecular formula is C30H34ClN3O7. The van der Waals surface area contributed by atoms with E-state index >= 15 is 0 Å². The largest absolute Gasteiger partial charge is 0.493 e. The topological polar surface area (TPSA) is 119 Å². The number of nitrogens with zero attached hydrogens (tertiary/aromatic N) is 1. The van der Waals surface area contributed by atoms with E-state index in [2.05, 4.69) is 10.6 Å². The van der Waals surface area contributed by atoms with Gasteiger partial charge in [0.1, 0.15) is 6.04 Å². The molecule has 1 aliphatic heterocycles. The van der Waals surface area contributed by atoms with Crippen LogP contribution in [0, 0.1) is 0 Å². The monoisotopic (exact) mass is 583 g/mol. The van der Waals surface area contributed by atoms with Crippen molar-refractivity contribution in [2.75, 3.05) is 40.5 Å². The number of carbonyl (C=O) groups excluding carboxylic acids is 3. The molecule has 0 unspecified atom stereocenters. The van der Waals surface area contributed by atoms with Crippen molar-refractivity contribution in [3.63, 3.8) is 0 Å². The van der Waals surface area contributed by atoms with Crippen LogP contribution in [0.5, 0.6) is 11.5 Å². The van der Waals surface area contributed by atoms with Crippen LogP contribution >= 0.6 is 11.6 Å². The van der Waals surface area contributed by atoms with Gasteiger partial charge in [0, 0.05) is 24.7 Å². The lowest BCUT2D eigenvalue weighted by atomic mass is 10.0. The summed E-state index contributed by atoms with van der Waals surface area (Å²) in [7, 11) is 3.02. The van der Waals surface area contributed by atoms with Crippen molar-refractivity contribution in [2.45, 2.75) is 31.4 Å². The number of hydrogen-bond acceptors (Lipinski definition) is 7. The first-order valence-electron chi connectivity index (χ1n) is 13.4. The van der Waals surface area contributed by atoms with Gasteiger partial charge in [0.25, 0.3) is 5.91 Å². The van der Waals surface area contributed by atoms with Gasteiger partial charge in [0.2, 0.25) is 11.8 Å². The Morgan fingerprint density at radius 2 is 1.83 bits per heavy atom. The third-order valence-electron chi connectivity index (χ3n) is 6.83. The molecule has 2 aromatic carbocycles. The highest BCUT2D eigenvalue weighted by Gasteiger charge is 2.33. The SMILES string of the molecule is COc1ccc([C@H](C(=O)NC[C@@H]2CCCO2)N(CCc2ccc(Cl)cc2)C(=O)CNC(=O)c2ccco2)cc1OC. The third kappa shape index (κ3) is 8.02. The summed E-state index contributed by atoms with van der Waals surface area (Å²) >= 11 is 6.05. The fourth-order valence-corrected chi connectivity index (χ4v) is 4.79. The Morgan fingerprint density at radius 3 is 2.49 bits per heavy atom. The van der Waals surface area contributed by atoms with Crippen molar-refractivity contribution in [1.82, 2.24) is 15.5 Å². The molecule has 4 rings (SSSR count). The van der Waals surface area contributed by atoms with Gasteiger partial charge in [-0.25, -0.2) is 0 Å². The molecule has 0 saturated carbocycles. The highest BCUT2D eigenvalue weighted by molar-refractivity contribution is 6.30. The van der Waals surface area contributed by atoms with Crippen LogP contribution in [0.2, 0.25) is 5.02 Å². The van der Waals surface area contributed by atoms with Crippen molar-refractivity contribution in [1.29, 1.82) is 0 Å². The normalized spacial score (nSPS) is 15.1. The summed E-state index contributed by atoms with van der Waals surface area (Å²) in [6.07, 6.45) is 3.51. The van der Waals surface area contributed by atoms with E-state index in [-0.39, 0.29) is 30.9 Å². The number of carbonyl (C=O) groups is 3. The molecule has 0 spiro atoms. The van der Waals surface area contributed by atoms with Gasteiger partial charge in [0.15, 0.2) is 17.3 Å². The van der Waals surface area contributed by atoms with Crippen LogP contribution in [0.3, 0.4) is 0 Å². The van der Waals surface area contributed by atoms with E-state index in [1.165, 1.54) is 31.4 Å². The Morgan fingerprint density at radius 1 is 1.05 bits per heavy atom. The number of hydrogen-bond donors (Lipinski definition) is 2. The van der Waals surface area contributed by atoms with Crippen molar-refractivity contribution in [3.05, 3.63) is 82.8 Å². The molecule has 0 bridgehead atoms. The van der Waals surface area contributed by atoms with Gasteiger partial charge in [-0.2, -0.15) is 0 Å². The molecule has 10 nitrogen and oxygen atoms in total. The maximum absolute atomic E-state index is 13.8. The summed E-state index contributed by atoms with van der Waals surface area (Å²) in [6.45, 7) is 0.810. The predicted molar refractivity (Wildman–Crippen MR) is 152 cm³/mol. The zero-order valence-electron chi connectivity index (χ0n) is 23.1. The summed E-state index contributed by atoms with van der Waals surface area (Å²) in [5.41, 5.74) is 1.45. The van der Waals surface area contributed by atoms with Gasteiger partial charge in [-0.3, -0.25) is 14.4 Å². The fourth-order valence-electron chi connectivity index (χ4n) is 4.66. The number of ether oxygens (including phenoxy) is 3. The molecule has 2 N–H and O–H groups in total. The second-order valence-corrected chi connectivity index (χ2v) is 9.96. The van der Waals surface area contributed by atoms with Crippen LogP contribution in [0.15, 0.2) is 65.3 Å². The van der Waals surface area contributed by atoms with Crippen molar-refractivity contribution >= 4 is 29.3 Å². The van der Waals surface area contributed by atoms with E-state index in [0.717, 1.165) is 18.4 Å². The molecule has 2 heterocycles. The first kappa shape index (κ1) is 30.0. The quantitative estimate of drug-likeness (QED) is 0.314. The maximum Gasteiger partial charge on any atom is 0.287 e. The second kappa shape index (κ2) is 14.6.